The molecule has 0 rings (SSSR count). The minimum atomic E-state index is -1.48. The first kappa shape index (κ1) is 20.3. The zero-order chi connectivity index (χ0) is 17.4. The Morgan fingerprint density at radius 2 is 1.64 bits per heavy atom. The number of aliphatic carboxylic acids is 1. The molecular weight excluding hydrogens is 294 g/mol. The number of nitrogens with two attached hydrogens (primary N) is 1. The van der Waals surface area contributed by atoms with Crippen LogP contribution >= 0.6 is 0 Å². The van der Waals surface area contributed by atoms with Gasteiger partial charge in [-0.25, -0.2) is 4.79 Å². The van der Waals surface area contributed by atoms with Crippen LogP contribution in [0.3, 0.4) is 0 Å². The van der Waals surface area contributed by atoms with Gasteiger partial charge in [0.15, 0.2) is 6.04 Å². The Kier molecular flexibility index (Phi) is 8.61. The van der Waals surface area contributed by atoms with Crippen LogP contribution in [0.25, 0.3) is 0 Å². The fourth-order valence-electron chi connectivity index (χ4n) is 1.71. The normalized spacial score (nSPS) is 16.5. The fraction of sp³-hybridized carbons (Fsp3) is 0.769. The lowest BCUT2D eigenvalue weighted by molar-refractivity contribution is -0.145. The lowest BCUT2D eigenvalue weighted by Gasteiger charge is -2.24. The van der Waals surface area contributed by atoms with Crippen molar-refractivity contribution in [2.75, 3.05) is 6.61 Å². The van der Waals surface area contributed by atoms with Gasteiger partial charge in [-0.15, -0.1) is 0 Å². The third-order valence-corrected chi connectivity index (χ3v) is 2.92. The Morgan fingerprint density at radius 1 is 1.09 bits per heavy atom. The van der Waals surface area contributed by atoms with E-state index < -0.39 is 48.6 Å². The molecular formula is C13H25N3O6. The van der Waals surface area contributed by atoms with Crippen molar-refractivity contribution in [2.45, 2.75) is 51.4 Å². The van der Waals surface area contributed by atoms with Crippen LogP contribution < -0.4 is 16.4 Å². The minimum absolute atomic E-state index is 0.0382. The van der Waals surface area contributed by atoms with Crippen LogP contribution in [-0.2, 0) is 14.4 Å². The molecule has 0 heterocycles. The predicted molar refractivity (Wildman–Crippen MR) is 77.7 cm³/mol. The molecule has 22 heavy (non-hydrogen) atoms. The molecule has 0 saturated heterocycles. The molecule has 128 valence electrons. The summed E-state index contributed by atoms with van der Waals surface area (Å²) < 4.78 is 0. The summed E-state index contributed by atoms with van der Waals surface area (Å²) in [5, 5.41) is 31.7. The van der Waals surface area contributed by atoms with Crippen LogP contribution in [0.2, 0.25) is 0 Å². The quantitative estimate of drug-likeness (QED) is 0.280. The van der Waals surface area contributed by atoms with E-state index in [1.54, 1.807) is 0 Å². The monoisotopic (exact) mass is 319 g/mol. The Morgan fingerprint density at radius 3 is 2.00 bits per heavy atom. The first-order valence-electron chi connectivity index (χ1n) is 6.98. The SMILES string of the molecule is CC(C)C[C@H](NC(=O)[C@@H](N)CO)C(=O)N[C@H](C(=O)O)[C@@H](C)O. The third-order valence-electron chi connectivity index (χ3n) is 2.92. The molecule has 0 aromatic carbocycles. The molecule has 0 aromatic rings. The number of hydrogen-bond acceptors (Lipinski definition) is 6. The van der Waals surface area contributed by atoms with Crippen LogP contribution in [0.4, 0.5) is 0 Å². The van der Waals surface area contributed by atoms with Gasteiger partial charge < -0.3 is 31.7 Å². The van der Waals surface area contributed by atoms with Gasteiger partial charge in [0, 0.05) is 0 Å². The maximum Gasteiger partial charge on any atom is 0.328 e. The van der Waals surface area contributed by atoms with E-state index in [-0.39, 0.29) is 12.3 Å². The van der Waals surface area contributed by atoms with Crippen LogP contribution in [0.1, 0.15) is 27.2 Å². The number of aliphatic hydroxyl groups is 2. The summed E-state index contributed by atoms with van der Waals surface area (Å²) in [5.41, 5.74) is 5.37. The first-order chi connectivity index (χ1) is 10.1. The molecule has 9 heteroatoms. The Labute approximate surface area is 128 Å². The molecule has 0 spiro atoms. The smallest absolute Gasteiger partial charge is 0.328 e. The summed E-state index contributed by atoms with van der Waals surface area (Å²) >= 11 is 0. The molecule has 9 nitrogen and oxygen atoms in total. The highest BCUT2D eigenvalue weighted by Gasteiger charge is 2.30. The number of hydrogen-bond donors (Lipinski definition) is 6. The molecule has 0 saturated carbocycles. The highest BCUT2D eigenvalue weighted by atomic mass is 16.4. The average molecular weight is 319 g/mol. The molecule has 0 unspecified atom stereocenters. The standard InChI is InChI=1S/C13H25N3O6/c1-6(2)4-9(15-11(19)8(14)5-17)12(20)16-10(7(3)18)13(21)22/h6-10,17-18H,4-5,14H2,1-3H3,(H,15,19)(H,16,20)(H,21,22)/t7-,8+,9+,10+/m1/s1. The molecule has 0 aromatic heterocycles. The van der Waals surface area contributed by atoms with E-state index >= 15 is 0 Å². The molecule has 4 atom stereocenters. The highest BCUT2D eigenvalue weighted by Crippen LogP contribution is 2.06. The van der Waals surface area contributed by atoms with E-state index in [9.17, 15) is 19.5 Å². The number of carbonyl (C=O) groups excluding carboxylic acids is 2. The number of carboxylic acid groups (broad SMARTS) is 1. The molecule has 0 fully saturated rings. The molecule has 0 bridgehead atoms. The van der Waals surface area contributed by atoms with Gasteiger partial charge in [-0.3, -0.25) is 9.59 Å². The van der Waals surface area contributed by atoms with Gasteiger partial charge in [0.1, 0.15) is 12.1 Å². The zero-order valence-electron chi connectivity index (χ0n) is 12.9. The topological polar surface area (TPSA) is 162 Å². The number of aliphatic hydroxyl groups excluding tert-OH is 2. The highest BCUT2D eigenvalue weighted by molar-refractivity contribution is 5.91. The summed E-state index contributed by atoms with van der Waals surface area (Å²) in [6, 6.07) is -3.66. The summed E-state index contributed by atoms with van der Waals surface area (Å²) in [6.45, 7) is 4.30. The molecule has 0 aliphatic heterocycles. The predicted octanol–water partition coefficient (Wildman–Crippen LogP) is -2.21. The van der Waals surface area contributed by atoms with Gasteiger partial charge in [-0.1, -0.05) is 13.8 Å². The third kappa shape index (κ3) is 6.83. The molecule has 0 aliphatic carbocycles. The average Bonchev–Trinajstić information content (AvgIpc) is 2.41. The lowest BCUT2D eigenvalue weighted by atomic mass is 10.0. The Hall–Kier alpha value is -1.71. The van der Waals surface area contributed by atoms with E-state index in [1.165, 1.54) is 6.92 Å². The molecule has 7 N–H and O–H groups in total. The largest absolute Gasteiger partial charge is 0.480 e. The van der Waals surface area contributed by atoms with E-state index in [2.05, 4.69) is 10.6 Å². The van der Waals surface area contributed by atoms with Gasteiger partial charge in [0.05, 0.1) is 12.7 Å². The second-order valence-corrected chi connectivity index (χ2v) is 5.54. The van der Waals surface area contributed by atoms with Crippen molar-refractivity contribution >= 4 is 17.8 Å². The van der Waals surface area contributed by atoms with Gasteiger partial charge in [0.25, 0.3) is 0 Å². The van der Waals surface area contributed by atoms with Crippen molar-refractivity contribution in [1.29, 1.82) is 0 Å². The lowest BCUT2D eigenvalue weighted by Crippen LogP contribution is -2.57. The Bertz CT molecular complexity index is 399. The van der Waals surface area contributed by atoms with Crippen molar-refractivity contribution in [3.8, 4) is 0 Å². The van der Waals surface area contributed by atoms with Crippen molar-refractivity contribution in [3.63, 3.8) is 0 Å². The molecule has 0 radical (unpaired) electrons. The van der Waals surface area contributed by atoms with E-state index in [1.807, 2.05) is 13.8 Å². The maximum absolute atomic E-state index is 12.1. The van der Waals surface area contributed by atoms with Crippen LogP contribution in [0.5, 0.6) is 0 Å². The Balaban J connectivity index is 4.98. The van der Waals surface area contributed by atoms with Gasteiger partial charge in [-0.05, 0) is 19.3 Å². The van der Waals surface area contributed by atoms with Gasteiger partial charge >= 0.3 is 5.97 Å². The summed E-state index contributed by atoms with van der Waals surface area (Å²) in [6.07, 6.45) is -1.04. The van der Waals surface area contributed by atoms with Gasteiger partial charge in [0.2, 0.25) is 11.8 Å². The molecule has 2 amide bonds. The van der Waals surface area contributed by atoms with Crippen molar-refractivity contribution in [1.82, 2.24) is 10.6 Å². The summed E-state index contributed by atoms with van der Waals surface area (Å²) in [7, 11) is 0. The van der Waals surface area contributed by atoms with Crippen LogP contribution in [-0.4, -0.2) is 63.9 Å². The maximum atomic E-state index is 12.1. The minimum Gasteiger partial charge on any atom is -0.480 e. The number of amides is 2. The number of carbonyl (C=O) groups is 3. The second kappa shape index (κ2) is 9.34. The number of rotatable bonds is 9. The van der Waals surface area contributed by atoms with E-state index in [4.69, 9.17) is 15.9 Å². The van der Waals surface area contributed by atoms with Crippen molar-refractivity contribution in [3.05, 3.63) is 0 Å². The summed E-state index contributed by atoms with van der Waals surface area (Å²) in [5.74, 6) is -2.80. The number of nitrogens with one attached hydrogen (secondary N) is 2. The van der Waals surface area contributed by atoms with Crippen molar-refractivity contribution < 1.29 is 29.7 Å². The van der Waals surface area contributed by atoms with E-state index in [0.717, 1.165) is 0 Å². The van der Waals surface area contributed by atoms with Gasteiger partial charge in [-0.2, -0.15) is 0 Å². The first-order valence-corrected chi connectivity index (χ1v) is 6.98. The molecule has 0 aliphatic rings. The van der Waals surface area contributed by atoms with Crippen LogP contribution in [0.15, 0.2) is 0 Å². The van der Waals surface area contributed by atoms with Crippen molar-refractivity contribution in [2.24, 2.45) is 11.7 Å². The zero-order valence-corrected chi connectivity index (χ0v) is 12.9. The number of carboxylic acids is 1. The van der Waals surface area contributed by atoms with Crippen LogP contribution in [0, 0.1) is 5.92 Å². The summed E-state index contributed by atoms with van der Waals surface area (Å²) in [4.78, 5) is 34.8. The fourth-order valence-corrected chi connectivity index (χ4v) is 1.71. The second-order valence-electron chi connectivity index (χ2n) is 5.54. The van der Waals surface area contributed by atoms with E-state index in [0.29, 0.717) is 0 Å².